The van der Waals surface area contributed by atoms with Gasteiger partial charge in [-0.3, -0.25) is 0 Å². The summed E-state index contributed by atoms with van der Waals surface area (Å²) in [6.07, 6.45) is 1.66. The number of halogens is 1. The van der Waals surface area contributed by atoms with E-state index in [0.717, 1.165) is 5.56 Å². The zero-order valence-corrected chi connectivity index (χ0v) is 10.2. The normalized spacial score (nSPS) is 10.4. The molecule has 2 aromatic rings. The highest BCUT2D eigenvalue weighted by Gasteiger charge is 2.10. The molecule has 1 aromatic heterocycles. The largest absolute Gasteiger partial charge is 0.392 e. The molecule has 1 heterocycles. The summed E-state index contributed by atoms with van der Waals surface area (Å²) in [6.45, 7) is 0.335. The van der Waals surface area contributed by atoms with E-state index in [0.29, 0.717) is 17.9 Å². The van der Waals surface area contributed by atoms with Gasteiger partial charge in [0, 0.05) is 30.9 Å². The number of aliphatic hydroxyl groups is 1. The van der Waals surface area contributed by atoms with Crippen LogP contribution in [-0.4, -0.2) is 17.1 Å². The van der Waals surface area contributed by atoms with Gasteiger partial charge in [0.15, 0.2) is 0 Å². The Morgan fingerprint density at radius 2 is 1.89 bits per heavy atom. The molecule has 0 atom stereocenters. The number of aromatic nitrogens is 1. The zero-order valence-electron chi connectivity index (χ0n) is 10.2. The average Bonchev–Trinajstić information content (AvgIpc) is 2.41. The number of rotatable bonds is 4. The van der Waals surface area contributed by atoms with E-state index >= 15 is 0 Å². The van der Waals surface area contributed by atoms with Crippen molar-refractivity contribution in [2.45, 2.75) is 13.2 Å². The van der Waals surface area contributed by atoms with Crippen LogP contribution in [0, 0.1) is 5.82 Å². The van der Waals surface area contributed by atoms with E-state index < -0.39 is 0 Å². The van der Waals surface area contributed by atoms with Crippen molar-refractivity contribution >= 4 is 5.82 Å². The minimum atomic E-state index is -0.231. The summed E-state index contributed by atoms with van der Waals surface area (Å²) in [5.74, 6) is 0.439. The molecular formula is C14H15FN2O. The van der Waals surface area contributed by atoms with Gasteiger partial charge in [0.1, 0.15) is 11.6 Å². The smallest absolute Gasteiger partial charge is 0.134 e. The summed E-state index contributed by atoms with van der Waals surface area (Å²) in [7, 11) is 1.83. The fraction of sp³-hybridized carbons (Fsp3) is 0.214. The van der Waals surface area contributed by atoms with Crippen molar-refractivity contribution in [3.63, 3.8) is 0 Å². The second kappa shape index (κ2) is 5.60. The fourth-order valence-corrected chi connectivity index (χ4v) is 1.85. The van der Waals surface area contributed by atoms with Gasteiger partial charge in [0.2, 0.25) is 0 Å². The average molecular weight is 246 g/mol. The van der Waals surface area contributed by atoms with Crippen molar-refractivity contribution in [2.24, 2.45) is 0 Å². The molecule has 0 unspecified atom stereocenters. The van der Waals surface area contributed by atoms with Crippen LogP contribution in [0.2, 0.25) is 0 Å². The Morgan fingerprint density at radius 1 is 1.17 bits per heavy atom. The summed E-state index contributed by atoms with van der Waals surface area (Å²) in [6, 6.07) is 10.2. The second-order valence-electron chi connectivity index (χ2n) is 4.09. The third-order valence-electron chi connectivity index (χ3n) is 2.76. The maximum Gasteiger partial charge on any atom is 0.134 e. The first-order valence-corrected chi connectivity index (χ1v) is 5.71. The molecule has 0 aliphatic rings. The Labute approximate surface area is 106 Å². The second-order valence-corrected chi connectivity index (χ2v) is 4.09. The Bertz CT molecular complexity index is 531. The van der Waals surface area contributed by atoms with Crippen molar-refractivity contribution in [1.82, 2.24) is 4.98 Å². The van der Waals surface area contributed by atoms with Crippen LogP contribution in [0.1, 0.15) is 11.1 Å². The molecule has 0 saturated carbocycles. The SMILES string of the molecule is CN(Cc1ccccc1F)c1ncccc1CO. The van der Waals surface area contributed by atoms with Gasteiger partial charge in [-0.05, 0) is 12.1 Å². The van der Waals surface area contributed by atoms with Crippen LogP contribution in [0.25, 0.3) is 0 Å². The van der Waals surface area contributed by atoms with Gasteiger partial charge in [-0.15, -0.1) is 0 Å². The maximum absolute atomic E-state index is 13.6. The lowest BCUT2D eigenvalue weighted by Crippen LogP contribution is -2.20. The van der Waals surface area contributed by atoms with Crippen molar-refractivity contribution in [3.8, 4) is 0 Å². The number of aliphatic hydroxyl groups excluding tert-OH is 1. The van der Waals surface area contributed by atoms with Crippen molar-refractivity contribution < 1.29 is 9.50 Å². The Kier molecular flexibility index (Phi) is 3.89. The third-order valence-corrected chi connectivity index (χ3v) is 2.76. The van der Waals surface area contributed by atoms with E-state index in [2.05, 4.69) is 4.98 Å². The van der Waals surface area contributed by atoms with Gasteiger partial charge in [-0.25, -0.2) is 9.37 Å². The van der Waals surface area contributed by atoms with E-state index in [4.69, 9.17) is 0 Å². The fourth-order valence-electron chi connectivity index (χ4n) is 1.85. The molecule has 94 valence electrons. The number of pyridine rings is 1. The molecule has 0 aliphatic heterocycles. The highest BCUT2D eigenvalue weighted by molar-refractivity contribution is 5.46. The van der Waals surface area contributed by atoms with Gasteiger partial charge in [0.25, 0.3) is 0 Å². The number of hydrogen-bond acceptors (Lipinski definition) is 3. The number of nitrogens with zero attached hydrogens (tertiary/aromatic N) is 2. The van der Waals surface area contributed by atoms with E-state index in [9.17, 15) is 9.50 Å². The molecular weight excluding hydrogens is 231 g/mol. The van der Waals surface area contributed by atoms with Gasteiger partial charge in [-0.2, -0.15) is 0 Å². The summed E-state index contributed by atoms with van der Waals surface area (Å²) < 4.78 is 13.6. The van der Waals surface area contributed by atoms with E-state index in [1.807, 2.05) is 11.9 Å². The molecule has 3 nitrogen and oxygen atoms in total. The third kappa shape index (κ3) is 2.65. The van der Waals surface area contributed by atoms with Crippen molar-refractivity contribution in [3.05, 3.63) is 59.5 Å². The van der Waals surface area contributed by atoms with Crippen LogP contribution in [0.15, 0.2) is 42.6 Å². The zero-order chi connectivity index (χ0) is 13.0. The topological polar surface area (TPSA) is 36.4 Å². The lowest BCUT2D eigenvalue weighted by Gasteiger charge is -2.20. The van der Waals surface area contributed by atoms with Crippen LogP contribution < -0.4 is 4.90 Å². The lowest BCUT2D eigenvalue weighted by molar-refractivity contribution is 0.281. The molecule has 0 amide bonds. The van der Waals surface area contributed by atoms with Crippen LogP contribution >= 0.6 is 0 Å². The highest BCUT2D eigenvalue weighted by Crippen LogP contribution is 2.18. The quantitative estimate of drug-likeness (QED) is 0.899. The minimum Gasteiger partial charge on any atom is -0.392 e. The van der Waals surface area contributed by atoms with E-state index in [1.54, 1.807) is 36.5 Å². The molecule has 18 heavy (non-hydrogen) atoms. The predicted molar refractivity (Wildman–Crippen MR) is 68.7 cm³/mol. The van der Waals surface area contributed by atoms with Crippen molar-refractivity contribution in [1.29, 1.82) is 0 Å². The molecule has 2 rings (SSSR count). The minimum absolute atomic E-state index is 0.0786. The molecule has 0 bridgehead atoms. The van der Waals surface area contributed by atoms with Crippen LogP contribution in [0.5, 0.6) is 0 Å². The Hall–Kier alpha value is -1.94. The molecule has 1 N–H and O–H groups in total. The van der Waals surface area contributed by atoms with Gasteiger partial charge >= 0.3 is 0 Å². The molecule has 0 aliphatic carbocycles. The van der Waals surface area contributed by atoms with E-state index in [1.165, 1.54) is 6.07 Å². The first kappa shape index (κ1) is 12.5. The monoisotopic (exact) mass is 246 g/mol. The summed E-state index contributed by atoms with van der Waals surface area (Å²) in [4.78, 5) is 6.04. The summed E-state index contributed by atoms with van der Waals surface area (Å²) in [5, 5.41) is 9.25. The molecule has 4 heteroatoms. The Morgan fingerprint density at radius 3 is 2.61 bits per heavy atom. The molecule has 0 radical (unpaired) electrons. The maximum atomic E-state index is 13.6. The van der Waals surface area contributed by atoms with Crippen LogP contribution in [0.3, 0.4) is 0 Å². The molecule has 0 spiro atoms. The van der Waals surface area contributed by atoms with E-state index in [-0.39, 0.29) is 12.4 Å². The molecule has 0 saturated heterocycles. The predicted octanol–water partition coefficient (Wildman–Crippen LogP) is 2.35. The Balaban J connectivity index is 2.22. The number of anilines is 1. The molecule has 1 aromatic carbocycles. The molecule has 0 fully saturated rings. The first-order chi connectivity index (χ1) is 8.72. The standard InChI is InChI=1S/C14H15FN2O/c1-17(9-11-5-2-3-7-13(11)15)14-12(10-18)6-4-8-16-14/h2-8,18H,9-10H2,1H3. The van der Waals surface area contributed by atoms with Gasteiger partial charge in [0.05, 0.1) is 6.61 Å². The highest BCUT2D eigenvalue weighted by atomic mass is 19.1. The first-order valence-electron chi connectivity index (χ1n) is 5.71. The van der Waals surface area contributed by atoms with Gasteiger partial charge < -0.3 is 10.0 Å². The van der Waals surface area contributed by atoms with Crippen LogP contribution in [0.4, 0.5) is 10.2 Å². The number of hydrogen-bond donors (Lipinski definition) is 1. The van der Waals surface area contributed by atoms with Crippen LogP contribution in [-0.2, 0) is 13.2 Å². The van der Waals surface area contributed by atoms with Gasteiger partial charge in [-0.1, -0.05) is 24.3 Å². The number of benzene rings is 1. The van der Waals surface area contributed by atoms with Crippen molar-refractivity contribution in [2.75, 3.05) is 11.9 Å². The lowest BCUT2D eigenvalue weighted by atomic mass is 10.2. The summed E-state index contributed by atoms with van der Waals surface area (Å²) in [5.41, 5.74) is 1.34. The summed E-state index contributed by atoms with van der Waals surface area (Å²) >= 11 is 0.